The van der Waals surface area contributed by atoms with Crippen molar-refractivity contribution in [2.45, 2.75) is 71.9 Å². The van der Waals surface area contributed by atoms with Gasteiger partial charge in [-0.2, -0.15) is 0 Å². The van der Waals surface area contributed by atoms with E-state index in [0.29, 0.717) is 5.41 Å². The van der Waals surface area contributed by atoms with E-state index in [4.69, 9.17) is 0 Å². The van der Waals surface area contributed by atoms with Gasteiger partial charge in [-0.3, -0.25) is 0 Å². The predicted octanol–water partition coefficient (Wildman–Crippen LogP) is 3.59. The molecule has 1 saturated heterocycles. The Bertz CT molecular complexity index is 216. The minimum atomic E-state index is 0.480. The Morgan fingerprint density at radius 3 is 2.40 bits per heavy atom. The molecule has 0 aromatic heterocycles. The third-order valence-electron chi connectivity index (χ3n) is 4.59. The van der Waals surface area contributed by atoms with Crippen molar-refractivity contribution in [1.82, 2.24) is 5.32 Å². The summed E-state index contributed by atoms with van der Waals surface area (Å²) in [6.07, 6.45) is 7.21. The third kappa shape index (κ3) is 2.38. The van der Waals surface area contributed by atoms with E-state index in [1.54, 1.807) is 0 Å². The van der Waals surface area contributed by atoms with Crippen LogP contribution in [0.15, 0.2) is 0 Å². The van der Waals surface area contributed by atoms with Crippen LogP contribution >= 0.6 is 0 Å². The smallest absolute Gasteiger partial charge is 0.0131 e. The molecule has 2 aliphatic rings. The highest BCUT2D eigenvalue weighted by Crippen LogP contribution is 2.43. The number of nitrogens with one attached hydrogen (secondary N) is 1. The monoisotopic (exact) mass is 209 g/mol. The SMILES string of the molecule is C[C@H]1CC[C@H]2CCC[C@@H](C(C)(C)C)[C@@H]2N1. The molecule has 0 amide bonds. The lowest BCUT2D eigenvalue weighted by Gasteiger charge is -2.49. The van der Waals surface area contributed by atoms with Crippen LogP contribution < -0.4 is 5.32 Å². The first-order valence-corrected chi connectivity index (χ1v) is 6.74. The zero-order chi connectivity index (χ0) is 11.1. The molecule has 15 heavy (non-hydrogen) atoms. The molecule has 0 aromatic carbocycles. The molecule has 4 atom stereocenters. The molecule has 1 nitrogen and oxygen atoms in total. The Balaban J connectivity index is 2.11. The molecule has 1 aliphatic carbocycles. The maximum absolute atomic E-state index is 3.87. The van der Waals surface area contributed by atoms with E-state index in [1.807, 2.05) is 0 Å². The molecule has 0 radical (unpaired) electrons. The number of rotatable bonds is 0. The Hall–Kier alpha value is -0.0400. The molecule has 2 rings (SSSR count). The van der Waals surface area contributed by atoms with Gasteiger partial charge in [-0.25, -0.2) is 0 Å². The zero-order valence-corrected chi connectivity index (χ0v) is 10.8. The molecule has 0 aromatic rings. The second kappa shape index (κ2) is 4.08. The van der Waals surface area contributed by atoms with Crippen LogP contribution in [0.4, 0.5) is 0 Å². The van der Waals surface area contributed by atoms with Crippen molar-refractivity contribution in [3.63, 3.8) is 0 Å². The summed E-state index contributed by atoms with van der Waals surface area (Å²) in [7, 11) is 0. The van der Waals surface area contributed by atoms with Crippen molar-refractivity contribution in [3.8, 4) is 0 Å². The van der Waals surface area contributed by atoms with Gasteiger partial charge in [0.2, 0.25) is 0 Å². The molecule has 2 fully saturated rings. The standard InChI is InChI=1S/C14H27N/c1-10-8-9-11-6-5-7-12(13(11)15-10)14(2,3)4/h10-13,15H,5-9H2,1-4H3/t10-,11+,12+,13+/m0/s1. The van der Waals surface area contributed by atoms with Crippen LogP contribution in [0.2, 0.25) is 0 Å². The fourth-order valence-corrected chi connectivity index (χ4v) is 3.71. The molecule has 88 valence electrons. The summed E-state index contributed by atoms with van der Waals surface area (Å²) in [6, 6.07) is 1.55. The first-order chi connectivity index (χ1) is 6.98. The van der Waals surface area contributed by atoms with Gasteiger partial charge in [0.25, 0.3) is 0 Å². The Morgan fingerprint density at radius 1 is 1.00 bits per heavy atom. The van der Waals surface area contributed by atoms with Gasteiger partial charge >= 0.3 is 0 Å². The van der Waals surface area contributed by atoms with Crippen LogP contribution in [0.1, 0.15) is 59.8 Å². The van der Waals surface area contributed by atoms with Crippen LogP contribution in [-0.4, -0.2) is 12.1 Å². The topological polar surface area (TPSA) is 12.0 Å². The van der Waals surface area contributed by atoms with Crippen LogP contribution in [0.5, 0.6) is 0 Å². The van der Waals surface area contributed by atoms with E-state index in [2.05, 4.69) is 33.0 Å². The highest BCUT2D eigenvalue weighted by Gasteiger charge is 2.41. The molecule has 0 bridgehead atoms. The second-order valence-corrected chi connectivity index (χ2v) is 6.83. The van der Waals surface area contributed by atoms with E-state index < -0.39 is 0 Å². The van der Waals surface area contributed by atoms with Crippen molar-refractivity contribution < 1.29 is 0 Å². The maximum Gasteiger partial charge on any atom is 0.0131 e. The molecule has 1 heteroatoms. The molecule has 1 saturated carbocycles. The Labute approximate surface area is 95.0 Å². The van der Waals surface area contributed by atoms with E-state index in [0.717, 1.165) is 23.9 Å². The number of piperidine rings is 1. The molecular weight excluding hydrogens is 182 g/mol. The first-order valence-electron chi connectivity index (χ1n) is 6.74. The molecule has 1 heterocycles. The van der Waals surface area contributed by atoms with Crippen molar-refractivity contribution in [2.24, 2.45) is 17.3 Å². The van der Waals surface area contributed by atoms with Gasteiger partial charge in [0.05, 0.1) is 0 Å². The Kier molecular flexibility index (Phi) is 3.12. The minimum absolute atomic E-state index is 0.480. The fourth-order valence-electron chi connectivity index (χ4n) is 3.71. The summed E-state index contributed by atoms with van der Waals surface area (Å²) in [5, 5.41) is 3.87. The second-order valence-electron chi connectivity index (χ2n) is 6.83. The molecule has 0 spiro atoms. The highest BCUT2D eigenvalue weighted by molar-refractivity contribution is 4.96. The average Bonchev–Trinajstić information content (AvgIpc) is 2.15. The van der Waals surface area contributed by atoms with Gasteiger partial charge in [-0.1, -0.05) is 27.2 Å². The molecule has 1 aliphatic heterocycles. The Morgan fingerprint density at radius 2 is 1.73 bits per heavy atom. The summed E-state index contributed by atoms with van der Waals surface area (Å²) in [4.78, 5) is 0. The molecule has 0 unspecified atom stereocenters. The maximum atomic E-state index is 3.87. The van der Waals surface area contributed by atoms with Crippen LogP contribution in [0.3, 0.4) is 0 Å². The lowest BCUT2D eigenvalue weighted by molar-refractivity contribution is 0.0564. The van der Waals surface area contributed by atoms with Gasteiger partial charge in [0.15, 0.2) is 0 Å². The van der Waals surface area contributed by atoms with Gasteiger partial charge in [-0.15, -0.1) is 0 Å². The summed E-state index contributed by atoms with van der Waals surface area (Å²) in [5.74, 6) is 1.86. The lowest BCUT2D eigenvalue weighted by Crippen LogP contribution is -2.55. The highest BCUT2D eigenvalue weighted by atomic mass is 15.0. The van der Waals surface area contributed by atoms with Gasteiger partial charge in [-0.05, 0) is 49.9 Å². The van der Waals surface area contributed by atoms with E-state index >= 15 is 0 Å². The summed E-state index contributed by atoms with van der Waals surface area (Å²) >= 11 is 0. The number of fused-ring (bicyclic) bond motifs is 1. The summed E-state index contributed by atoms with van der Waals surface area (Å²) in [5.41, 5.74) is 0.480. The molecule has 1 N–H and O–H groups in total. The third-order valence-corrected chi connectivity index (χ3v) is 4.59. The van der Waals surface area contributed by atoms with Crippen molar-refractivity contribution in [1.29, 1.82) is 0 Å². The minimum Gasteiger partial charge on any atom is -0.311 e. The van der Waals surface area contributed by atoms with Crippen LogP contribution in [0.25, 0.3) is 0 Å². The lowest BCUT2D eigenvalue weighted by atomic mass is 9.63. The predicted molar refractivity (Wildman–Crippen MR) is 65.9 cm³/mol. The number of hydrogen-bond donors (Lipinski definition) is 1. The van der Waals surface area contributed by atoms with Gasteiger partial charge in [0.1, 0.15) is 0 Å². The van der Waals surface area contributed by atoms with Crippen molar-refractivity contribution in [3.05, 3.63) is 0 Å². The quantitative estimate of drug-likeness (QED) is 0.643. The number of hydrogen-bond acceptors (Lipinski definition) is 1. The van der Waals surface area contributed by atoms with Crippen molar-refractivity contribution >= 4 is 0 Å². The van der Waals surface area contributed by atoms with Crippen LogP contribution in [0, 0.1) is 17.3 Å². The zero-order valence-electron chi connectivity index (χ0n) is 10.8. The van der Waals surface area contributed by atoms with Gasteiger partial charge < -0.3 is 5.32 Å². The van der Waals surface area contributed by atoms with E-state index in [-0.39, 0.29) is 0 Å². The normalized spacial score (nSPS) is 42.4. The first kappa shape index (κ1) is 11.4. The largest absolute Gasteiger partial charge is 0.311 e. The average molecular weight is 209 g/mol. The molecular formula is C14H27N. The summed E-state index contributed by atoms with van der Waals surface area (Å²) in [6.45, 7) is 9.60. The van der Waals surface area contributed by atoms with Gasteiger partial charge in [0, 0.05) is 12.1 Å². The fraction of sp³-hybridized carbons (Fsp3) is 1.00. The van der Waals surface area contributed by atoms with Crippen molar-refractivity contribution in [2.75, 3.05) is 0 Å². The summed E-state index contributed by atoms with van der Waals surface area (Å²) < 4.78 is 0. The van der Waals surface area contributed by atoms with E-state index in [9.17, 15) is 0 Å². The van der Waals surface area contributed by atoms with E-state index in [1.165, 1.54) is 32.1 Å². The van der Waals surface area contributed by atoms with Crippen LogP contribution in [-0.2, 0) is 0 Å².